The maximum absolute atomic E-state index is 13.5. The average Bonchev–Trinajstić information content (AvgIpc) is 2.69. The van der Waals surface area contributed by atoms with Crippen molar-refractivity contribution in [1.82, 2.24) is 4.90 Å². The van der Waals surface area contributed by atoms with Gasteiger partial charge in [0.05, 0.1) is 28.7 Å². The molecule has 0 N–H and O–H groups in total. The Morgan fingerprint density at radius 1 is 1.14 bits per heavy atom. The molecule has 0 atom stereocenters. The van der Waals surface area contributed by atoms with Crippen LogP contribution in [0, 0.1) is 21.7 Å². The fourth-order valence-corrected chi connectivity index (χ4v) is 3.28. The van der Waals surface area contributed by atoms with E-state index in [0.29, 0.717) is 24.5 Å². The number of ether oxygens (including phenoxy) is 1. The Morgan fingerprint density at radius 2 is 1.79 bits per heavy atom. The highest BCUT2D eigenvalue weighted by Crippen LogP contribution is 2.33. The van der Waals surface area contributed by atoms with Gasteiger partial charge in [0.25, 0.3) is 11.6 Å². The molecule has 0 spiro atoms. The van der Waals surface area contributed by atoms with Crippen LogP contribution < -0.4 is 9.64 Å². The highest BCUT2D eigenvalue weighted by molar-refractivity contribution is 6.33. The van der Waals surface area contributed by atoms with E-state index in [4.69, 9.17) is 16.3 Å². The monoisotopic (exact) mass is 411 g/mol. The summed E-state index contributed by atoms with van der Waals surface area (Å²) in [5, 5.41) is 11.2. The van der Waals surface area contributed by atoms with Gasteiger partial charge >= 0.3 is 0 Å². The van der Waals surface area contributed by atoms with E-state index < -0.39 is 22.5 Å². The summed E-state index contributed by atoms with van der Waals surface area (Å²) in [7, 11) is 1.42. The second kappa shape index (κ2) is 7.97. The molecule has 0 aliphatic carbocycles. The Bertz CT molecular complexity index is 933. The van der Waals surface area contributed by atoms with Crippen molar-refractivity contribution in [1.29, 1.82) is 0 Å². The number of methoxy groups -OCH3 is 1. The third-order valence-corrected chi connectivity index (χ3v) is 4.84. The first-order chi connectivity index (χ1) is 13.3. The van der Waals surface area contributed by atoms with Crippen molar-refractivity contribution < 1.29 is 23.2 Å². The summed E-state index contributed by atoms with van der Waals surface area (Å²) >= 11 is 5.87. The topological polar surface area (TPSA) is 75.9 Å². The van der Waals surface area contributed by atoms with Gasteiger partial charge < -0.3 is 14.5 Å². The number of nitro groups is 1. The minimum Gasteiger partial charge on any atom is -0.496 e. The number of amides is 1. The van der Waals surface area contributed by atoms with Gasteiger partial charge in [0.15, 0.2) is 11.6 Å². The van der Waals surface area contributed by atoms with Crippen molar-refractivity contribution in [2.75, 3.05) is 38.2 Å². The van der Waals surface area contributed by atoms with Crippen molar-refractivity contribution in [3.8, 4) is 5.75 Å². The van der Waals surface area contributed by atoms with Crippen LogP contribution in [-0.2, 0) is 0 Å². The molecule has 3 rings (SSSR count). The summed E-state index contributed by atoms with van der Waals surface area (Å²) in [6.07, 6.45) is 0. The van der Waals surface area contributed by atoms with Gasteiger partial charge in [-0.1, -0.05) is 11.6 Å². The minimum absolute atomic E-state index is 0.0947. The Labute approximate surface area is 164 Å². The lowest BCUT2D eigenvalue weighted by Crippen LogP contribution is -2.49. The molecule has 0 bridgehead atoms. The van der Waals surface area contributed by atoms with Crippen LogP contribution in [0.15, 0.2) is 30.3 Å². The molecule has 0 unspecified atom stereocenters. The van der Waals surface area contributed by atoms with E-state index >= 15 is 0 Å². The standard InChI is InChI=1S/C18H16ClF2N3O4/c1-28-11-2-3-16(17(8-11)24(26)27)22-4-6-23(7-5-22)18(25)12-9-14(20)15(21)10-13(12)19/h2-3,8-10H,4-7H2,1H3. The molecule has 0 saturated carbocycles. The van der Waals surface area contributed by atoms with Crippen molar-refractivity contribution in [2.24, 2.45) is 0 Å². The summed E-state index contributed by atoms with van der Waals surface area (Å²) in [4.78, 5) is 26.7. The van der Waals surface area contributed by atoms with Gasteiger partial charge in [-0.15, -0.1) is 0 Å². The van der Waals surface area contributed by atoms with Gasteiger partial charge in [0.2, 0.25) is 0 Å². The molecule has 28 heavy (non-hydrogen) atoms. The lowest BCUT2D eigenvalue weighted by atomic mass is 10.1. The van der Waals surface area contributed by atoms with Crippen molar-refractivity contribution in [3.63, 3.8) is 0 Å². The lowest BCUT2D eigenvalue weighted by Gasteiger charge is -2.36. The van der Waals surface area contributed by atoms with E-state index in [1.165, 1.54) is 18.1 Å². The van der Waals surface area contributed by atoms with Crippen LogP contribution in [0.3, 0.4) is 0 Å². The summed E-state index contributed by atoms with van der Waals surface area (Å²) in [5.41, 5.74) is 0.205. The van der Waals surface area contributed by atoms with Crippen molar-refractivity contribution in [3.05, 3.63) is 62.7 Å². The zero-order valence-electron chi connectivity index (χ0n) is 14.8. The zero-order valence-corrected chi connectivity index (χ0v) is 15.6. The zero-order chi connectivity index (χ0) is 20.4. The largest absolute Gasteiger partial charge is 0.496 e. The molecule has 0 aromatic heterocycles. The average molecular weight is 412 g/mol. The van der Waals surface area contributed by atoms with Crippen LogP contribution in [-0.4, -0.2) is 49.0 Å². The van der Waals surface area contributed by atoms with Crippen LogP contribution in [0.5, 0.6) is 5.75 Å². The summed E-state index contributed by atoms with van der Waals surface area (Å²) in [6, 6.07) is 6.11. The van der Waals surface area contributed by atoms with Gasteiger partial charge in [0, 0.05) is 26.2 Å². The van der Waals surface area contributed by atoms with Gasteiger partial charge in [-0.05, 0) is 24.3 Å². The van der Waals surface area contributed by atoms with Gasteiger partial charge in [-0.2, -0.15) is 0 Å². The number of nitrogens with zero attached hydrogens (tertiary/aromatic N) is 3. The third kappa shape index (κ3) is 3.84. The second-order valence-corrected chi connectivity index (χ2v) is 6.54. The SMILES string of the molecule is COc1ccc(N2CCN(C(=O)c3cc(F)c(F)cc3Cl)CC2)c([N+](=O)[O-])c1. The smallest absolute Gasteiger partial charge is 0.296 e. The third-order valence-electron chi connectivity index (χ3n) is 4.53. The molecule has 2 aromatic rings. The van der Waals surface area contributed by atoms with E-state index in [1.807, 2.05) is 0 Å². The van der Waals surface area contributed by atoms with E-state index in [2.05, 4.69) is 0 Å². The number of carbonyl (C=O) groups excluding carboxylic acids is 1. The normalized spacial score (nSPS) is 14.1. The molecule has 1 fully saturated rings. The molecule has 7 nitrogen and oxygen atoms in total. The van der Waals surface area contributed by atoms with Gasteiger partial charge in [-0.3, -0.25) is 14.9 Å². The van der Waals surface area contributed by atoms with E-state index in [9.17, 15) is 23.7 Å². The van der Waals surface area contributed by atoms with Crippen molar-refractivity contribution in [2.45, 2.75) is 0 Å². The maximum Gasteiger partial charge on any atom is 0.296 e. The molecule has 1 aliphatic heterocycles. The summed E-state index contributed by atoms with van der Waals surface area (Å²) in [6.45, 7) is 1.16. The van der Waals surface area contributed by atoms with Crippen LogP contribution in [0.4, 0.5) is 20.2 Å². The fraction of sp³-hybridized carbons (Fsp3) is 0.278. The van der Waals surface area contributed by atoms with Gasteiger partial charge in [-0.25, -0.2) is 8.78 Å². The minimum atomic E-state index is -1.15. The number of carbonyl (C=O) groups is 1. The van der Waals surface area contributed by atoms with E-state index in [-0.39, 0.29) is 29.4 Å². The Kier molecular flexibility index (Phi) is 5.64. The van der Waals surface area contributed by atoms with Gasteiger partial charge in [0.1, 0.15) is 11.4 Å². The number of piperazine rings is 1. The molecule has 0 radical (unpaired) electrons. The van der Waals surface area contributed by atoms with Crippen LogP contribution in [0.25, 0.3) is 0 Å². The Hall–Kier alpha value is -2.94. The van der Waals surface area contributed by atoms with Crippen molar-refractivity contribution >= 4 is 28.9 Å². The highest BCUT2D eigenvalue weighted by atomic mass is 35.5. The fourth-order valence-electron chi connectivity index (χ4n) is 3.05. The number of anilines is 1. The molecule has 1 heterocycles. The second-order valence-electron chi connectivity index (χ2n) is 6.14. The number of benzene rings is 2. The molecule has 1 aliphatic rings. The van der Waals surface area contributed by atoms with E-state index in [1.54, 1.807) is 17.0 Å². The number of hydrogen-bond acceptors (Lipinski definition) is 5. The summed E-state index contributed by atoms with van der Waals surface area (Å²) in [5.74, 6) is -2.43. The molecule has 2 aromatic carbocycles. The molecular formula is C18H16ClF2N3O4. The first kappa shape index (κ1) is 19.8. The van der Waals surface area contributed by atoms with Crippen LogP contribution in [0.1, 0.15) is 10.4 Å². The Balaban J connectivity index is 1.76. The van der Waals surface area contributed by atoms with Crippen LogP contribution in [0.2, 0.25) is 5.02 Å². The van der Waals surface area contributed by atoms with E-state index in [0.717, 1.165) is 12.1 Å². The van der Waals surface area contributed by atoms with Crippen LogP contribution >= 0.6 is 11.6 Å². The first-order valence-corrected chi connectivity index (χ1v) is 8.71. The number of rotatable bonds is 4. The Morgan fingerprint density at radius 3 is 2.39 bits per heavy atom. The quantitative estimate of drug-likeness (QED) is 0.437. The predicted octanol–water partition coefficient (Wildman–Crippen LogP) is 3.50. The molecule has 148 valence electrons. The molecule has 1 saturated heterocycles. The number of nitro benzene ring substituents is 1. The summed E-state index contributed by atoms with van der Waals surface area (Å²) < 4.78 is 31.7. The maximum atomic E-state index is 13.5. The highest BCUT2D eigenvalue weighted by Gasteiger charge is 2.28. The first-order valence-electron chi connectivity index (χ1n) is 8.33. The number of halogens is 3. The lowest BCUT2D eigenvalue weighted by molar-refractivity contribution is -0.384. The molecular weight excluding hydrogens is 396 g/mol. The molecule has 1 amide bonds. The molecule has 10 heteroatoms. The predicted molar refractivity (Wildman–Crippen MR) is 99.1 cm³/mol. The number of hydrogen-bond donors (Lipinski definition) is 0.